The Kier molecular flexibility index (Phi) is 4.01. The number of piperidine rings is 1. The molecule has 0 aliphatic carbocycles. The van der Waals surface area contributed by atoms with E-state index in [0.717, 1.165) is 25.2 Å². The number of rotatable bonds is 4. The number of hydrogen-bond acceptors (Lipinski definition) is 3. The molecular weight excluding hydrogens is 230 g/mol. The summed E-state index contributed by atoms with van der Waals surface area (Å²) in [5.41, 5.74) is 1.06. The third-order valence-corrected chi connectivity index (χ3v) is 3.74. The highest BCUT2D eigenvalue weighted by Gasteiger charge is 2.21. The zero-order chi connectivity index (χ0) is 13.1. The molecule has 100 valence electrons. The van der Waals surface area contributed by atoms with Gasteiger partial charge in [0.15, 0.2) is 5.69 Å². The lowest BCUT2D eigenvalue weighted by molar-refractivity contribution is 0.0690. The zero-order valence-corrected chi connectivity index (χ0v) is 11.0. The Balaban J connectivity index is 1.85. The summed E-state index contributed by atoms with van der Waals surface area (Å²) in [6, 6.07) is 2.27. The van der Waals surface area contributed by atoms with Gasteiger partial charge in [0.1, 0.15) is 0 Å². The minimum atomic E-state index is -0.966. The number of aromatic amines is 1. The SMILES string of the molecule is CC(C)N1CCC(Cc2cc(C(=O)O)n[nH]2)CC1. The van der Waals surface area contributed by atoms with Crippen LogP contribution in [-0.2, 0) is 6.42 Å². The van der Waals surface area contributed by atoms with Gasteiger partial charge in [-0.1, -0.05) is 0 Å². The second-order valence-electron chi connectivity index (χ2n) is 5.36. The van der Waals surface area contributed by atoms with Crippen molar-refractivity contribution < 1.29 is 9.90 Å². The fourth-order valence-electron chi connectivity index (χ4n) is 2.56. The van der Waals surface area contributed by atoms with E-state index in [1.165, 1.54) is 12.8 Å². The molecule has 1 aliphatic rings. The quantitative estimate of drug-likeness (QED) is 0.855. The van der Waals surface area contributed by atoms with Crippen LogP contribution in [-0.4, -0.2) is 45.3 Å². The van der Waals surface area contributed by atoms with E-state index < -0.39 is 5.97 Å². The molecule has 0 radical (unpaired) electrons. The summed E-state index contributed by atoms with van der Waals surface area (Å²) < 4.78 is 0. The molecule has 0 bridgehead atoms. The Morgan fingerprint density at radius 3 is 2.72 bits per heavy atom. The van der Waals surface area contributed by atoms with Crippen LogP contribution in [0, 0.1) is 5.92 Å². The summed E-state index contributed by atoms with van der Waals surface area (Å²) >= 11 is 0. The summed E-state index contributed by atoms with van der Waals surface area (Å²) in [4.78, 5) is 13.2. The van der Waals surface area contributed by atoms with Gasteiger partial charge in [0.05, 0.1) is 0 Å². The van der Waals surface area contributed by atoms with Gasteiger partial charge < -0.3 is 10.0 Å². The van der Waals surface area contributed by atoms with Crippen LogP contribution >= 0.6 is 0 Å². The highest BCUT2D eigenvalue weighted by molar-refractivity contribution is 5.85. The van der Waals surface area contributed by atoms with Crippen molar-refractivity contribution in [3.05, 3.63) is 17.5 Å². The Hall–Kier alpha value is -1.36. The second kappa shape index (κ2) is 5.52. The molecule has 1 aromatic heterocycles. The maximum absolute atomic E-state index is 10.7. The number of carboxylic acids is 1. The summed E-state index contributed by atoms with van der Waals surface area (Å²) in [6.45, 7) is 6.74. The lowest BCUT2D eigenvalue weighted by Crippen LogP contribution is -2.38. The number of H-pyrrole nitrogens is 1. The van der Waals surface area contributed by atoms with E-state index in [1.54, 1.807) is 6.07 Å². The topological polar surface area (TPSA) is 69.2 Å². The second-order valence-corrected chi connectivity index (χ2v) is 5.36. The summed E-state index contributed by atoms with van der Waals surface area (Å²) in [5.74, 6) is -0.325. The van der Waals surface area contributed by atoms with Crippen LogP contribution in [0.4, 0.5) is 0 Å². The first-order valence-corrected chi connectivity index (χ1v) is 6.58. The van der Waals surface area contributed by atoms with E-state index in [1.807, 2.05) is 0 Å². The van der Waals surface area contributed by atoms with E-state index in [0.29, 0.717) is 12.0 Å². The smallest absolute Gasteiger partial charge is 0.356 e. The lowest BCUT2D eigenvalue weighted by Gasteiger charge is -2.34. The molecule has 0 unspecified atom stereocenters. The van der Waals surface area contributed by atoms with Crippen molar-refractivity contribution in [3.8, 4) is 0 Å². The normalized spacial score (nSPS) is 18.4. The van der Waals surface area contributed by atoms with Crippen molar-refractivity contribution in [2.45, 2.75) is 39.2 Å². The van der Waals surface area contributed by atoms with Crippen LogP contribution < -0.4 is 0 Å². The number of likely N-dealkylation sites (tertiary alicyclic amines) is 1. The van der Waals surface area contributed by atoms with Crippen LogP contribution in [0.5, 0.6) is 0 Å². The van der Waals surface area contributed by atoms with Crippen LogP contribution in [0.1, 0.15) is 42.9 Å². The van der Waals surface area contributed by atoms with E-state index >= 15 is 0 Å². The third-order valence-electron chi connectivity index (χ3n) is 3.74. The van der Waals surface area contributed by atoms with Gasteiger partial charge in [0.25, 0.3) is 0 Å². The van der Waals surface area contributed by atoms with E-state index in [-0.39, 0.29) is 5.69 Å². The molecule has 5 nitrogen and oxygen atoms in total. The number of aromatic nitrogens is 2. The summed E-state index contributed by atoms with van der Waals surface area (Å²) in [7, 11) is 0. The first-order chi connectivity index (χ1) is 8.56. The standard InChI is InChI=1S/C13H21N3O2/c1-9(2)16-5-3-10(4-6-16)7-11-8-12(13(17)18)15-14-11/h8-10H,3-7H2,1-2H3,(H,14,15)(H,17,18). The molecule has 2 N–H and O–H groups in total. The fraction of sp³-hybridized carbons (Fsp3) is 0.692. The monoisotopic (exact) mass is 251 g/mol. The van der Waals surface area contributed by atoms with Crippen molar-refractivity contribution in [1.29, 1.82) is 0 Å². The predicted molar refractivity (Wildman–Crippen MR) is 68.7 cm³/mol. The highest BCUT2D eigenvalue weighted by atomic mass is 16.4. The first kappa shape index (κ1) is 13.1. The molecule has 1 fully saturated rings. The Bertz CT molecular complexity index is 406. The highest BCUT2D eigenvalue weighted by Crippen LogP contribution is 2.22. The van der Waals surface area contributed by atoms with Gasteiger partial charge in [-0.2, -0.15) is 5.10 Å². The van der Waals surface area contributed by atoms with Gasteiger partial charge in [-0.05, 0) is 58.2 Å². The average Bonchev–Trinajstić information content (AvgIpc) is 2.78. The molecule has 0 spiro atoms. The minimum Gasteiger partial charge on any atom is -0.476 e. The summed E-state index contributed by atoms with van der Waals surface area (Å²) in [6.07, 6.45) is 3.27. The zero-order valence-electron chi connectivity index (χ0n) is 11.0. The fourth-order valence-corrected chi connectivity index (χ4v) is 2.56. The van der Waals surface area contributed by atoms with Crippen LogP contribution in [0.3, 0.4) is 0 Å². The average molecular weight is 251 g/mol. The van der Waals surface area contributed by atoms with Crippen molar-refractivity contribution >= 4 is 5.97 Å². The van der Waals surface area contributed by atoms with Gasteiger partial charge in [0.2, 0.25) is 0 Å². The molecule has 1 aromatic rings. The molecule has 18 heavy (non-hydrogen) atoms. The Labute approximate surface area is 107 Å². The van der Waals surface area contributed by atoms with Crippen LogP contribution in [0.2, 0.25) is 0 Å². The first-order valence-electron chi connectivity index (χ1n) is 6.58. The molecule has 2 heterocycles. The van der Waals surface area contributed by atoms with Gasteiger partial charge in [-0.3, -0.25) is 5.10 Å². The number of aromatic carboxylic acids is 1. The molecule has 0 atom stereocenters. The number of carbonyl (C=O) groups is 1. The molecule has 1 saturated heterocycles. The maximum Gasteiger partial charge on any atom is 0.356 e. The number of nitrogens with one attached hydrogen (secondary N) is 1. The molecule has 0 aromatic carbocycles. The molecule has 2 rings (SSSR count). The van der Waals surface area contributed by atoms with Gasteiger partial charge in [0, 0.05) is 11.7 Å². The van der Waals surface area contributed by atoms with Gasteiger partial charge >= 0.3 is 5.97 Å². The number of nitrogens with zero attached hydrogens (tertiary/aromatic N) is 2. The van der Waals surface area contributed by atoms with Crippen LogP contribution in [0.25, 0.3) is 0 Å². The lowest BCUT2D eigenvalue weighted by atomic mass is 9.91. The Morgan fingerprint density at radius 1 is 1.56 bits per heavy atom. The van der Waals surface area contributed by atoms with Gasteiger partial charge in [-0.15, -0.1) is 0 Å². The minimum absolute atomic E-state index is 0.115. The van der Waals surface area contributed by atoms with Crippen molar-refractivity contribution in [1.82, 2.24) is 15.1 Å². The van der Waals surface area contributed by atoms with Crippen molar-refractivity contribution in [2.75, 3.05) is 13.1 Å². The molecular formula is C13H21N3O2. The molecule has 1 aliphatic heterocycles. The molecule has 0 amide bonds. The van der Waals surface area contributed by atoms with Crippen LogP contribution in [0.15, 0.2) is 6.07 Å². The van der Waals surface area contributed by atoms with E-state index in [4.69, 9.17) is 5.11 Å². The summed E-state index contributed by atoms with van der Waals surface area (Å²) in [5, 5.41) is 15.4. The Morgan fingerprint density at radius 2 is 2.22 bits per heavy atom. The number of hydrogen-bond donors (Lipinski definition) is 2. The van der Waals surface area contributed by atoms with Gasteiger partial charge in [-0.25, -0.2) is 4.79 Å². The van der Waals surface area contributed by atoms with Crippen molar-refractivity contribution in [2.24, 2.45) is 5.92 Å². The number of carboxylic acid groups (broad SMARTS) is 1. The third kappa shape index (κ3) is 3.10. The predicted octanol–water partition coefficient (Wildman–Crippen LogP) is 1.77. The van der Waals surface area contributed by atoms with Crippen molar-refractivity contribution in [3.63, 3.8) is 0 Å². The molecule has 5 heteroatoms. The van der Waals surface area contributed by atoms with E-state index in [9.17, 15) is 4.79 Å². The largest absolute Gasteiger partial charge is 0.476 e. The van der Waals surface area contributed by atoms with E-state index in [2.05, 4.69) is 28.9 Å². The molecule has 0 saturated carbocycles. The maximum atomic E-state index is 10.7.